The van der Waals surface area contributed by atoms with E-state index in [2.05, 4.69) is 10.2 Å². The highest BCUT2D eigenvalue weighted by atomic mass is 16.5. The Morgan fingerprint density at radius 1 is 1.13 bits per heavy atom. The first kappa shape index (κ1) is 9.32. The number of nitrogens with two attached hydrogens (primary N) is 1. The zero-order valence-corrected chi connectivity index (χ0v) is 7.96. The summed E-state index contributed by atoms with van der Waals surface area (Å²) < 4.78 is 4.96. The van der Waals surface area contributed by atoms with Gasteiger partial charge in [-0.25, -0.2) is 0 Å². The number of H-pyrrole nitrogens is 2. The van der Waals surface area contributed by atoms with Crippen LogP contribution in [0.1, 0.15) is 0 Å². The second-order valence-electron chi connectivity index (χ2n) is 3.05. The standard InChI is InChI=1S/C9H9N3O3/c1-15-7-3-5-4(2-6(7)10)8(13)11-12-9(5)14/h2-3H,10H2,1H3,(H,11,13)(H,12,14). The highest BCUT2D eigenvalue weighted by molar-refractivity contribution is 5.86. The zero-order valence-electron chi connectivity index (χ0n) is 7.96. The molecule has 6 heteroatoms. The number of hydrogen-bond donors (Lipinski definition) is 3. The van der Waals surface area contributed by atoms with Gasteiger partial charge < -0.3 is 10.5 Å². The summed E-state index contributed by atoms with van der Waals surface area (Å²) in [5.74, 6) is 0.374. The van der Waals surface area contributed by atoms with E-state index in [-0.39, 0.29) is 21.9 Å². The van der Waals surface area contributed by atoms with Gasteiger partial charge in [0.25, 0.3) is 11.1 Å². The van der Waals surface area contributed by atoms with Crippen LogP contribution in [0.2, 0.25) is 0 Å². The Labute approximate surface area is 83.7 Å². The number of nitrogens with one attached hydrogen (secondary N) is 2. The Kier molecular flexibility index (Phi) is 1.96. The molecule has 0 unspecified atom stereocenters. The molecule has 0 fully saturated rings. The number of anilines is 1. The highest BCUT2D eigenvalue weighted by Gasteiger charge is 2.07. The van der Waals surface area contributed by atoms with Crippen LogP contribution in [-0.2, 0) is 0 Å². The van der Waals surface area contributed by atoms with Crippen LogP contribution in [0.15, 0.2) is 21.7 Å². The molecule has 1 aromatic heterocycles. The van der Waals surface area contributed by atoms with Gasteiger partial charge in [0.05, 0.1) is 23.6 Å². The third kappa shape index (κ3) is 1.35. The fourth-order valence-corrected chi connectivity index (χ4v) is 1.40. The van der Waals surface area contributed by atoms with E-state index in [0.29, 0.717) is 11.4 Å². The Morgan fingerprint density at radius 2 is 1.67 bits per heavy atom. The number of nitrogen functional groups attached to an aromatic ring is 1. The molecule has 0 amide bonds. The minimum atomic E-state index is -0.390. The van der Waals surface area contributed by atoms with E-state index in [9.17, 15) is 9.59 Å². The first-order valence-electron chi connectivity index (χ1n) is 4.21. The summed E-state index contributed by atoms with van der Waals surface area (Å²) in [5.41, 5.74) is 5.17. The topological polar surface area (TPSA) is 101 Å². The second kappa shape index (κ2) is 3.16. The number of rotatable bonds is 1. The van der Waals surface area contributed by atoms with Crippen LogP contribution in [0.5, 0.6) is 5.75 Å². The Bertz CT molecular complexity index is 627. The van der Waals surface area contributed by atoms with Crippen molar-refractivity contribution in [3.05, 3.63) is 32.8 Å². The van der Waals surface area contributed by atoms with E-state index in [0.717, 1.165) is 0 Å². The number of fused-ring (bicyclic) bond motifs is 1. The van der Waals surface area contributed by atoms with E-state index in [1.807, 2.05) is 0 Å². The van der Waals surface area contributed by atoms with Crippen LogP contribution in [0.4, 0.5) is 5.69 Å². The third-order valence-electron chi connectivity index (χ3n) is 2.15. The number of aromatic amines is 2. The Hall–Kier alpha value is -2.24. The summed E-state index contributed by atoms with van der Waals surface area (Å²) in [6.07, 6.45) is 0. The van der Waals surface area contributed by atoms with Gasteiger partial charge in [0.2, 0.25) is 0 Å². The van der Waals surface area contributed by atoms with Crippen molar-refractivity contribution in [1.29, 1.82) is 0 Å². The van der Waals surface area contributed by atoms with Gasteiger partial charge in [-0.3, -0.25) is 19.8 Å². The van der Waals surface area contributed by atoms with Gasteiger partial charge in [0, 0.05) is 0 Å². The minimum absolute atomic E-state index is 0.247. The Morgan fingerprint density at radius 3 is 2.20 bits per heavy atom. The summed E-state index contributed by atoms with van der Waals surface area (Å²) in [4.78, 5) is 22.7. The van der Waals surface area contributed by atoms with E-state index in [1.165, 1.54) is 19.2 Å². The van der Waals surface area contributed by atoms with Crippen molar-refractivity contribution in [2.45, 2.75) is 0 Å². The number of aromatic nitrogens is 2. The van der Waals surface area contributed by atoms with E-state index < -0.39 is 0 Å². The van der Waals surface area contributed by atoms with Crippen LogP contribution in [-0.4, -0.2) is 17.3 Å². The van der Waals surface area contributed by atoms with Crippen molar-refractivity contribution in [2.24, 2.45) is 0 Å². The molecule has 0 bridgehead atoms. The molecule has 78 valence electrons. The average Bonchev–Trinajstić information content (AvgIpc) is 2.23. The number of benzene rings is 1. The molecule has 0 atom stereocenters. The lowest BCUT2D eigenvalue weighted by Gasteiger charge is -2.04. The molecule has 4 N–H and O–H groups in total. The van der Waals surface area contributed by atoms with Crippen molar-refractivity contribution >= 4 is 16.5 Å². The van der Waals surface area contributed by atoms with Gasteiger partial charge in [-0.15, -0.1) is 0 Å². The van der Waals surface area contributed by atoms with Gasteiger partial charge in [0.1, 0.15) is 5.75 Å². The third-order valence-corrected chi connectivity index (χ3v) is 2.15. The minimum Gasteiger partial charge on any atom is -0.495 e. The lowest BCUT2D eigenvalue weighted by atomic mass is 10.1. The quantitative estimate of drug-likeness (QED) is 0.564. The van der Waals surface area contributed by atoms with E-state index >= 15 is 0 Å². The maximum absolute atomic E-state index is 11.4. The molecule has 1 aromatic carbocycles. The van der Waals surface area contributed by atoms with Crippen molar-refractivity contribution < 1.29 is 4.74 Å². The molecule has 0 spiro atoms. The molecular formula is C9H9N3O3. The molecule has 1 heterocycles. The summed E-state index contributed by atoms with van der Waals surface area (Å²) in [7, 11) is 1.44. The SMILES string of the molecule is COc1cc2c(=O)[nH][nH]c(=O)c2cc1N. The lowest BCUT2D eigenvalue weighted by molar-refractivity contribution is 0.417. The summed E-state index contributed by atoms with van der Waals surface area (Å²) >= 11 is 0. The van der Waals surface area contributed by atoms with Gasteiger partial charge >= 0.3 is 0 Å². The molecule has 2 aromatic rings. The summed E-state index contributed by atoms with van der Waals surface area (Å²) in [5, 5.41) is 4.94. The Balaban J connectivity index is 2.99. The van der Waals surface area contributed by atoms with E-state index in [4.69, 9.17) is 10.5 Å². The van der Waals surface area contributed by atoms with Crippen LogP contribution < -0.4 is 21.6 Å². The number of ether oxygens (including phenoxy) is 1. The number of hydrogen-bond acceptors (Lipinski definition) is 4. The summed E-state index contributed by atoms with van der Waals surface area (Å²) in [6.45, 7) is 0. The second-order valence-corrected chi connectivity index (χ2v) is 3.05. The molecule has 15 heavy (non-hydrogen) atoms. The summed E-state index contributed by atoms with van der Waals surface area (Å²) in [6, 6.07) is 2.86. The normalized spacial score (nSPS) is 10.5. The van der Waals surface area contributed by atoms with Gasteiger partial charge in [-0.05, 0) is 12.1 Å². The molecule has 0 radical (unpaired) electrons. The van der Waals surface area contributed by atoms with Crippen LogP contribution in [0.3, 0.4) is 0 Å². The highest BCUT2D eigenvalue weighted by Crippen LogP contribution is 2.23. The van der Waals surface area contributed by atoms with Crippen molar-refractivity contribution in [2.75, 3.05) is 12.8 Å². The van der Waals surface area contributed by atoms with Crippen molar-refractivity contribution in [1.82, 2.24) is 10.2 Å². The van der Waals surface area contributed by atoms with Crippen LogP contribution in [0, 0.1) is 0 Å². The van der Waals surface area contributed by atoms with Gasteiger partial charge in [-0.1, -0.05) is 0 Å². The smallest absolute Gasteiger partial charge is 0.270 e. The molecule has 2 rings (SSSR count). The van der Waals surface area contributed by atoms with Crippen molar-refractivity contribution in [3.63, 3.8) is 0 Å². The van der Waals surface area contributed by atoms with Gasteiger partial charge in [-0.2, -0.15) is 0 Å². The molecule has 0 saturated heterocycles. The number of methoxy groups -OCH3 is 1. The average molecular weight is 207 g/mol. The van der Waals surface area contributed by atoms with E-state index in [1.54, 1.807) is 0 Å². The lowest BCUT2D eigenvalue weighted by Crippen LogP contribution is -2.19. The largest absolute Gasteiger partial charge is 0.495 e. The monoisotopic (exact) mass is 207 g/mol. The molecule has 6 nitrogen and oxygen atoms in total. The first-order valence-corrected chi connectivity index (χ1v) is 4.21. The fraction of sp³-hybridized carbons (Fsp3) is 0.111. The van der Waals surface area contributed by atoms with Crippen molar-refractivity contribution in [3.8, 4) is 5.75 Å². The molecule has 0 aliphatic rings. The predicted octanol–water partition coefficient (Wildman–Crippen LogP) is -0.193. The molecule has 0 aliphatic heterocycles. The fourth-order valence-electron chi connectivity index (χ4n) is 1.40. The molecular weight excluding hydrogens is 198 g/mol. The maximum Gasteiger partial charge on any atom is 0.270 e. The molecule has 0 saturated carbocycles. The zero-order chi connectivity index (χ0) is 11.0. The first-order chi connectivity index (χ1) is 7.13. The van der Waals surface area contributed by atoms with Crippen LogP contribution >= 0.6 is 0 Å². The van der Waals surface area contributed by atoms with Gasteiger partial charge in [0.15, 0.2) is 0 Å². The molecule has 0 aliphatic carbocycles. The van der Waals surface area contributed by atoms with Crippen LogP contribution in [0.25, 0.3) is 10.8 Å². The predicted molar refractivity (Wildman–Crippen MR) is 56.2 cm³/mol. The maximum atomic E-state index is 11.4.